The third-order valence-corrected chi connectivity index (χ3v) is 9.13. The van der Waals surface area contributed by atoms with Crippen LogP contribution in [0.5, 0.6) is 0 Å². The Morgan fingerprint density at radius 3 is 1.85 bits per heavy atom. The summed E-state index contributed by atoms with van der Waals surface area (Å²) in [5.74, 6) is 0.636. The molecule has 0 saturated carbocycles. The molecule has 0 aromatic heterocycles. The normalized spacial score (nSPS) is 19.5. The van der Waals surface area contributed by atoms with E-state index in [9.17, 15) is 0 Å². The summed E-state index contributed by atoms with van der Waals surface area (Å²) in [5.41, 5.74) is 16.6. The van der Waals surface area contributed by atoms with Crippen molar-refractivity contribution in [1.82, 2.24) is 0 Å². The molecule has 1 unspecified atom stereocenters. The monoisotopic (exact) mass is 522 g/mol. The Bertz CT molecular complexity index is 1300. The fourth-order valence-electron chi connectivity index (χ4n) is 6.90. The van der Waals surface area contributed by atoms with E-state index in [2.05, 4.69) is 126 Å². The van der Waals surface area contributed by atoms with Gasteiger partial charge in [0, 0.05) is 0 Å². The molecule has 4 rings (SSSR count). The highest BCUT2D eigenvalue weighted by Gasteiger charge is 2.31. The smallest absolute Gasteiger partial charge is 0.0123 e. The van der Waals surface area contributed by atoms with Gasteiger partial charge in [-0.3, -0.25) is 0 Å². The van der Waals surface area contributed by atoms with Crippen molar-refractivity contribution in [2.24, 2.45) is 11.3 Å². The van der Waals surface area contributed by atoms with Crippen LogP contribution in [0.3, 0.4) is 0 Å². The average molecular weight is 523 g/mol. The Balaban J connectivity index is 1.97. The third kappa shape index (κ3) is 6.06. The van der Waals surface area contributed by atoms with Crippen molar-refractivity contribution in [1.29, 1.82) is 0 Å². The first-order valence-corrected chi connectivity index (χ1v) is 15.4. The van der Waals surface area contributed by atoms with Gasteiger partial charge >= 0.3 is 0 Å². The molecule has 0 amide bonds. The highest BCUT2D eigenvalue weighted by molar-refractivity contribution is 5.94. The minimum Gasteiger partial charge on any atom is -0.0760 e. The lowest BCUT2D eigenvalue weighted by molar-refractivity contribution is 0.519. The van der Waals surface area contributed by atoms with E-state index in [1.54, 1.807) is 16.7 Å². The third-order valence-electron chi connectivity index (χ3n) is 9.13. The summed E-state index contributed by atoms with van der Waals surface area (Å²) in [6, 6.07) is 14.5. The van der Waals surface area contributed by atoms with E-state index >= 15 is 0 Å². The second-order valence-corrected chi connectivity index (χ2v) is 15.5. The molecule has 0 heterocycles. The number of allylic oxidation sites excluding steroid dienone is 6. The van der Waals surface area contributed by atoms with Crippen LogP contribution >= 0.6 is 0 Å². The molecule has 0 N–H and O–H groups in total. The quantitative estimate of drug-likeness (QED) is 0.376. The minimum absolute atomic E-state index is 0.0387. The van der Waals surface area contributed by atoms with Crippen LogP contribution in [0.15, 0.2) is 53.6 Å². The lowest BCUT2D eigenvalue weighted by Crippen LogP contribution is -2.19. The standard InChI is InChI=1S/C39H54/c1-25-16-13-17-26(2)35(25)32-19-14-18-31(27(32)3)34-21-15-20-33(36(34)39(10,11)12)28-22-29(37(4,5)6)24-30(23-28)38(7,8)9/h14,18-19,21-25H,13,15-17,20H2,1-12H3. The fraction of sp³-hybridized carbons (Fsp3) is 0.538. The van der Waals surface area contributed by atoms with Gasteiger partial charge in [0.15, 0.2) is 0 Å². The molecule has 2 aliphatic rings. The molecule has 0 bridgehead atoms. The Morgan fingerprint density at radius 1 is 0.718 bits per heavy atom. The van der Waals surface area contributed by atoms with Crippen LogP contribution in [0, 0.1) is 18.3 Å². The van der Waals surface area contributed by atoms with E-state index in [1.165, 1.54) is 63.8 Å². The molecule has 0 heteroatoms. The van der Waals surface area contributed by atoms with E-state index in [0.29, 0.717) is 5.92 Å². The lowest BCUT2D eigenvalue weighted by Gasteiger charge is -2.35. The van der Waals surface area contributed by atoms with Crippen LogP contribution in [-0.4, -0.2) is 0 Å². The lowest BCUT2D eigenvalue weighted by atomic mass is 9.70. The number of hydrogen-bond donors (Lipinski definition) is 0. The largest absolute Gasteiger partial charge is 0.0760 e. The molecular formula is C39H54. The molecule has 0 nitrogen and oxygen atoms in total. The second kappa shape index (κ2) is 10.6. The Labute approximate surface area is 240 Å². The molecule has 0 fully saturated rings. The zero-order valence-corrected chi connectivity index (χ0v) is 27.2. The van der Waals surface area contributed by atoms with Gasteiger partial charge in [0.05, 0.1) is 0 Å². The van der Waals surface area contributed by atoms with Crippen molar-refractivity contribution >= 4 is 16.7 Å². The van der Waals surface area contributed by atoms with Crippen LogP contribution in [0.25, 0.3) is 16.7 Å². The molecule has 210 valence electrons. The van der Waals surface area contributed by atoms with Gasteiger partial charge < -0.3 is 0 Å². The first-order valence-electron chi connectivity index (χ1n) is 15.4. The summed E-state index contributed by atoms with van der Waals surface area (Å²) in [6.07, 6.45) is 8.61. The number of rotatable bonds is 3. The topological polar surface area (TPSA) is 0 Å². The van der Waals surface area contributed by atoms with Crippen LogP contribution < -0.4 is 0 Å². The van der Waals surface area contributed by atoms with E-state index < -0.39 is 0 Å². The molecule has 0 saturated heterocycles. The van der Waals surface area contributed by atoms with Crippen LogP contribution in [-0.2, 0) is 10.8 Å². The van der Waals surface area contributed by atoms with Crippen molar-refractivity contribution in [3.8, 4) is 0 Å². The Hall–Kier alpha value is -2.34. The van der Waals surface area contributed by atoms with Crippen LogP contribution in [0.2, 0.25) is 0 Å². The molecule has 0 aliphatic heterocycles. The zero-order chi connectivity index (χ0) is 28.9. The predicted molar refractivity (Wildman–Crippen MR) is 174 cm³/mol. The summed E-state index contributed by atoms with van der Waals surface area (Å²) in [6.45, 7) is 28.5. The summed E-state index contributed by atoms with van der Waals surface area (Å²) in [5, 5.41) is 0. The summed E-state index contributed by atoms with van der Waals surface area (Å²) < 4.78 is 0. The SMILES string of the molecule is CC1=C(c2cccc(C3=CCCC(c4cc(C(C)(C)C)cc(C(C)(C)C)c4)=C3C(C)(C)C)c2C)C(C)CCC1. The average Bonchev–Trinajstić information content (AvgIpc) is 2.82. The van der Waals surface area contributed by atoms with Gasteiger partial charge in [0.25, 0.3) is 0 Å². The summed E-state index contributed by atoms with van der Waals surface area (Å²) in [4.78, 5) is 0. The Kier molecular flexibility index (Phi) is 8.03. The van der Waals surface area contributed by atoms with Gasteiger partial charge in [-0.15, -0.1) is 0 Å². The number of benzene rings is 2. The van der Waals surface area contributed by atoms with Gasteiger partial charge in [-0.1, -0.05) is 117 Å². The van der Waals surface area contributed by atoms with Gasteiger partial charge in [-0.25, -0.2) is 0 Å². The van der Waals surface area contributed by atoms with Crippen molar-refractivity contribution in [3.05, 3.63) is 87.0 Å². The van der Waals surface area contributed by atoms with Crippen LogP contribution in [0.4, 0.5) is 0 Å². The molecule has 0 radical (unpaired) electrons. The number of hydrogen-bond acceptors (Lipinski definition) is 0. The molecule has 2 aromatic rings. The molecule has 2 aromatic carbocycles. The maximum absolute atomic E-state index is 2.54. The highest BCUT2D eigenvalue weighted by atomic mass is 14.4. The van der Waals surface area contributed by atoms with Gasteiger partial charge in [-0.2, -0.15) is 0 Å². The highest BCUT2D eigenvalue weighted by Crippen LogP contribution is 2.49. The molecule has 2 aliphatic carbocycles. The summed E-state index contributed by atoms with van der Waals surface area (Å²) >= 11 is 0. The van der Waals surface area contributed by atoms with E-state index in [0.717, 1.165) is 12.8 Å². The van der Waals surface area contributed by atoms with E-state index in [4.69, 9.17) is 0 Å². The fourth-order valence-corrected chi connectivity index (χ4v) is 6.90. The molecule has 1 atom stereocenters. The first kappa shape index (κ1) is 29.6. The minimum atomic E-state index is 0.0387. The van der Waals surface area contributed by atoms with Crippen molar-refractivity contribution in [2.75, 3.05) is 0 Å². The van der Waals surface area contributed by atoms with Crippen molar-refractivity contribution in [3.63, 3.8) is 0 Å². The van der Waals surface area contributed by atoms with Gasteiger partial charge in [0.1, 0.15) is 0 Å². The van der Waals surface area contributed by atoms with Crippen molar-refractivity contribution < 1.29 is 0 Å². The van der Waals surface area contributed by atoms with Gasteiger partial charge in [-0.05, 0) is 124 Å². The van der Waals surface area contributed by atoms with Crippen molar-refractivity contribution in [2.45, 2.75) is 126 Å². The van der Waals surface area contributed by atoms with Gasteiger partial charge in [0.2, 0.25) is 0 Å². The maximum Gasteiger partial charge on any atom is -0.0123 e. The van der Waals surface area contributed by atoms with Crippen LogP contribution in [0.1, 0.15) is 142 Å². The zero-order valence-electron chi connectivity index (χ0n) is 27.2. The summed E-state index contributed by atoms with van der Waals surface area (Å²) in [7, 11) is 0. The Morgan fingerprint density at radius 2 is 1.31 bits per heavy atom. The first-order chi connectivity index (χ1) is 18.0. The van der Waals surface area contributed by atoms with E-state index in [-0.39, 0.29) is 16.2 Å². The maximum atomic E-state index is 2.54. The predicted octanol–water partition coefficient (Wildman–Crippen LogP) is 11.9. The van der Waals surface area contributed by atoms with E-state index in [1.807, 2.05) is 0 Å². The molecule has 0 spiro atoms. The molecular weight excluding hydrogens is 468 g/mol. The molecule has 39 heavy (non-hydrogen) atoms. The second-order valence-electron chi connectivity index (χ2n) is 15.5.